The molecule has 20 heavy (non-hydrogen) atoms. The zero-order valence-corrected chi connectivity index (χ0v) is 11.4. The molecule has 6 heteroatoms. The fourth-order valence-electron chi connectivity index (χ4n) is 2.10. The Morgan fingerprint density at radius 2 is 2.15 bits per heavy atom. The van der Waals surface area contributed by atoms with Gasteiger partial charge in [-0.1, -0.05) is 0 Å². The van der Waals surface area contributed by atoms with Gasteiger partial charge in [-0.15, -0.1) is 11.3 Å². The van der Waals surface area contributed by atoms with Crippen LogP contribution in [0.1, 0.15) is 16.0 Å². The maximum Gasteiger partial charge on any atom is 0.270 e. The molecule has 2 heterocycles. The predicted octanol–water partition coefficient (Wildman–Crippen LogP) is 3.46. The summed E-state index contributed by atoms with van der Waals surface area (Å²) in [5.74, 6) is -0.228. The van der Waals surface area contributed by atoms with E-state index in [9.17, 15) is 14.9 Å². The molecule has 1 aromatic heterocycles. The van der Waals surface area contributed by atoms with E-state index in [0.29, 0.717) is 16.8 Å². The van der Waals surface area contributed by atoms with Crippen molar-refractivity contribution >= 4 is 40.3 Å². The van der Waals surface area contributed by atoms with Gasteiger partial charge in [0.25, 0.3) is 11.6 Å². The van der Waals surface area contributed by atoms with Gasteiger partial charge in [0.05, 0.1) is 10.5 Å². The molecule has 1 aromatic carbocycles. The van der Waals surface area contributed by atoms with E-state index in [1.165, 1.54) is 23.5 Å². The minimum Gasteiger partial charge on any atom is -0.321 e. The quantitative estimate of drug-likeness (QED) is 0.522. The van der Waals surface area contributed by atoms with E-state index in [2.05, 4.69) is 5.32 Å². The monoisotopic (exact) mass is 286 g/mol. The van der Waals surface area contributed by atoms with Crippen molar-refractivity contribution in [3.63, 3.8) is 0 Å². The topological polar surface area (TPSA) is 72.2 Å². The lowest BCUT2D eigenvalue weighted by molar-refractivity contribution is -0.384. The van der Waals surface area contributed by atoms with Crippen molar-refractivity contribution in [3.05, 3.63) is 55.8 Å². The van der Waals surface area contributed by atoms with Crippen molar-refractivity contribution < 1.29 is 9.72 Å². The average molecular weight is 286 g/mol. The number of hydrogen-bond acceptors (Lipinski definition) is 4. The Morgan fingerprint density at radius 3 is 2.80 bits per heavy atom. The number of nitro groups is 1. The molecule has 3 rings (SSSR count). The molecule has 1 amide bonds. The van der Waals surface area contributed by atoms with Crippen LogP contribution in [0.3, 0.4) is 0 Å². The Labute approximate surface area is 118 Å². The number of fused-ring (bicyclic) bond motifs is 1. The van der Waals surface area contributed by atoms with E-state index >= 15 is 0 Å². The normalized spacial score (nSPS) is 15.2. The van der Waals surface area contributed by atoms with Crippen molar-refractivity contribution in [2.24, 2.45) is 0 Å². The van der Waals surface area contributed by atoms with Crippen LogP contribution in [0.5, 0.6) is 0 Å². The van der Waals surface area contributed by atoms with Gasteiger partial charge in [-0.05, 0) is 36.1 Å². The van der Waals surface area contributed by atoms with Gasteiger partial charge in [-0.25, -0.2) is 0 Å². The van der Waals surface area contributed by atoms with Gasteiger partial charge in [0.1, 0.15) is 0 Å². The van der Waals surface area contributed by atoms with Gasteiger partial charge in [-0.2, -0.15) is 0 Å². The lowest BCUT2D eigenvalue weighted by Crippen LogP contribution is -2.03. The number of benzene rings is 1. The maximum absolute atomic E-state index is 12.0. The molecule has 0 saturated heterocycles. The number of thiophene rings is 1. The van der Waals surface area contributed by atoms with Crippen LogP contribution in [-0.4, -0.2) is 10.8 Å². The Morgan fingerprint density at radius 1 is 1.35 bits per heavy atom. The Balaban J connectivity index is 2.13. The van der Waals surface area contributed by atoms with E-state index in [1.54, 1.807) is 12.1 Å². The largest absolute Gasteiger partial charge is 0.321 e. The first-order valence-corrected chi connectivity index (χ1v) is 6.80. The highest BCUT2D eigenvalue weighted by molar-refractivity contribution is 7.11. The van der Waals surface area contributed by atoms with Gasteiger partial charge in [0.2, 0.25) is 0 Å². The van der Waals surface area contributed by atoms with Crippen LogP contribution < -0.4 is 5.32 Å². The van der Waals surface area contributed by atoms with Crippen molar-refractivity contribution in [1.82, 2.24) is 0 Å². The van der Waals surface area contributed by atoms with Gasteiger partial charge in [-0.3, -0.25) is 14.9 Å². The molecule has 1 aliphatic heterocycles. The molecule has 5 nitrogen and oxygen atoms in total. The first kappa shape index (κ1) is 12.6. The van der Waals surface area contributed by atoms with Crippen LogP contribution in [0, 0.1) is 17.0 Å². The highest BCUT2D eigenvalue weighted by atomic mass is 32.1. The zero-order chi connectivity index (χ0) is 14.3. The fourth-order valence-corrected chi connectivity index (χ4v) is 2.95. The number of aryl methyl sites for hydroxylation is 1. The summed E-state index contributed by atoms with van der Waals surface area (Å²) >= 11 is 1.53. The molecule has 1 aliphatic rings. The van der Waals surface area contributed by atoms with E-state index < -0.39 is 4.92 Å². The zero-order valence-electron chi connectivity index (χ0n) is 10.5. The van der Waals surface area contributed by atoms with Gasteiger partial charge in [0.15, 0.2) is 0 Å². The number of amides is 1. The Hall–Kier alpha value is -2.47. The molecule has 100 valence electrons. The number of hydrogen-bond donors (Lipinski definition) is 1. The summed E-state index contributed by atoms with van der Waals surface area (Å²) in [7, 11) is 0. The molecule has 2 aromatic rings. The molecule has 1 N–H and O–H groups in total. The standard InChI is InChI=1S/C14H10N2O3S/c1-8-4-5-20-13(8)7-11-10-6-9(16(18)19)2-3-12(10)15-14(11)17/h2-7H,1H3,(H,15,17)/b11-7-. The Kier molecular flexibility index (Phi) is 2.87. The van der Waals surface area contributed by atoms with E-state index in [4.69, 9.17) is 0 Å². The third-order valence-corrected chi connectivity index (χ3v) is 4.14. The highest BCUT2D eigenvalue weighted by Gasteiger charge is 2.26. The first-order valence-electron chi connectivity index (χ1n) is 5.92. The van der Waals surface area contributed by atoms with Crippen LogP contribution in [0.15, 0.2) is 29.6 Å². The van der Waals surface area contributed by atoms with Crippen LogP contribution in [0.4, 0.5) is 11.4 Å². The number of non-ortho nitro benzene ring substituents is 1. The predicted molar refractivity (Wildman–Crippen MR) is 78.7 cm³/mol. The third-order valence-electron chi connectivity index (χ3n) is 3.17. The highest BCUT2D eigenvalue weighted by Crippen LogP contribution is 2.36. The first-order chi connectivity index (χ1) is 9.56. The summed E-state index contributed by atoms with van der Waals surface area (Å²) in [6.45, 7) is 1.96. The smallest absolute Gasteiger partial charge is 0.270 e. The number of nitrogens with zero attached hydrogens (tertiary/aromatic N) is 1. The van der Waals surface area contributed by atoms with Crippen LogP contribution in [0.2, 0.25) is 0 Å². The molecule has 0 bridgehead atoms. The molecule has 0 atom stereocenters. The number of carbonyl (C=O) groups excluding carboxylic acids is 1. The van der Waals surface area contributed by atoms with Gasteiger partial charge < -0.3 is 5.32 Å². The molecule has 0 radical (unpaired) electrons. The van der Waals surface area contributed by atoms with Crippen LogP contribution in [-0.2, 0) is 4.79 Å². The van der Waals surface area contributed by atoms with Crippen molar-refractivity contribution in [3.8, 4) is 0 Å². The summed E-state index contributed by atoms with van der Waals surface area (Å²) in [5.41, 5.74) is 2.72. The summed E-state index contributed by atoms with van der Waals surface area (Å²) in [6, 6.07) is 6.35. The second-order valence-corrected chi connectivity index (χ2v) is 5.41. The molecule has 0 spiro atoms. The minimum absolute atomic E-state index is 0.0194. The SMILES string of the molecule is Cc1ccsc1/C=C1\C(=O)Nc2ccc([N+](=O)[O-])cc21. The van der Waals surface area contributed by atoms with Crippen molar-refractivity contribution in [2.45, 2.75) is 6.92 Å². The molecular formula is C14H10N2O3S. The lowest BCUT2D eigenvalue weighted by atomic mass is 10.1. The summed E-state index contributed by atoms with van der Waals surface area (Å²) < 4.78 is 0. The van der Waals surface area contributed by atoms with Crippen molar-refractivity contribution in [1.29, 1.82) is 0 Å². The summed E-state index contributed by atoms with van der Waals surface area (Å²) in [6.07, 6.45) is 1.78. The number of nitrogens with one attached hydrogen (secondary N) is 1. The molecule has 0 aliphatic carbocycles. The van der Waals surface area contributed by atoms with Gasteiger partial charge in [0, 0.05) is 28.3 Å². The Bertz CT molecular complexity index is 762. The number of nitro benzene ring substituents is 1. The van der Waals surface area contributed by atoms with Gasteiger partial charge >= 0.3 is 0 Å². The van der Waals surface area contributed by atoms with E-state index in [0.717, 1.165) is 10.4 Å². The van der Waals surface area contributed by atoms with Crippen LogP contribution in [0.25, 0.3) is 11.6 Å². The lowest BCUT2D eigenvalue weighted by Gasteiger charge is -1.98. The second kappa shape index (κ2) is 4.57. The van der Waals surface area contributed by atoms with Crippen molar-refractivity contribution in [2.75, 3.05) is 5.32 Å². The molecule has 0 unspecified atom stereocenters. The summed E-state index contributed by atoms with van der Waals surface area (Å²) in [4.78, 5) is 23.4. The number of anilines is 1. The summed E-state index contributed by atoms with van der Waals surface area (Å²) in [5, 5.41) is 15.5. The van der Waals surface area contributed by atoms with Crippen LogP contribution >= 0.6 is 11.3 Å². The molecule has 0 saturated carbocycles. The number of carbonyl (C=O) groups is 1. The molecule has 0 fully saturated rings. The fraction of sp³-hybridized carbons (Fsp3) is 0.0714. The number of rotatable bonds is 2. The second-order valence-electron chi connectivity index (χ2n) is 4.47. The van der Waals surface area contributed by atoms with E-state index in [-0.39, 0.29) is 11.6 Å². The minimum atomic E-state index is -0.461. The third kappa shape index (κ3) is 2.00. The van der Waals surface area contributed by atoms with E-state index in [1.807, 2.05) is 18.4 Å². The average Bonchev–Trinajstić information content (AvgIpc) is 2.94. The molecular weight excluding hydrogens is 276 g/mol. The maximum atomic E-state index is 12.0.